The number of nitrogens with zero attached hydrogens (tertiary/aromatic N) is 3. The lowest BCUT2D eigenvalue weighted by Gasteiger charge is -2.07. The van der Waals surface area contributed by atoms with Gasteiger partial charge in [0.05, 0.1) is 16.7 Å². The second-order valence-electron chi connectivity index (χ2n) is 4.35. The smallest absolute Gasteiger partial charge is 0.416 e. The van der Waals surface area contributed by atoms with Crippen LogP contribution < -0.4 is 0 Å². The Labute approximate surface area is 121 Å². The Bertz CT molecular complexity index is 799. The Morgan fingerprint density at radius 1 is 1.00 bits per heavy atom. The molecule has 0 saturated carbocycles. The van der Waals surface area contributed by atoms with Crippen LogP contribution in [0.25, 0.3) is 22.9 Å². The SMILES string of the molecule is Fc1ccc(C(F)(F)F)cc1-c1nnc(-c2cccnc2)o1. The molecule has 0 fully saturated rings. The van der Waals surface area contributed by atoms with Crippen molar-refractivity contribution in [3.05, 3.63) is 54.1 Å². The van der Waals surface area contributed by atoms with Gasteiger partial charge in [-0.25, -0.2) is 4.39 Å². The highest BCUT2D eigenvalue weighted by atomic mass is 19.4. The summed E-state index contributed by atoms with van der Waals surface area (Å²) in [7, 11) is 0. The molecule has 1 aromatic carbocycles. The predicted molar refractivity (Wildman–Crippen MR) is 67.9 cm³/mol. The largest absolute Gasteiger partial charge is 0.416 e. The lowest BCUT2D eigenvalue weighted by atomic mass is 10.1. The zero-order chi connectivity index (χ0) is 15.7. The quantitative estimate of drug-likeness (QED) is 0.672. The van der Waals surface area contributed by atoms with Gasteiger partial charge in [-0.3, -0.25) is 4.98 Å². The molecule has 3 rings (SSSR count). The van der Waals surface area contributed by atoms with E-state index in [-0.39, 0.29) is 11.8 Å². The average Bonchev–Trinajstić information content (AvgIpc) is 2.97. The minimum atomic E-state index is -4.59. The molecule has 0 atom stereocenters. The zero-order valence-corrected chi connectivity index (χ0v) is 10.8. The molecule has 2 heterocycles. The van der Waals surface area contributed by atoms with E-state index in [2.05, 4.69) is 15.2 Å². The first kappa shape index (κ1) is 14.2. The number of pyridine rings is 1. The van der Waals surface area contributed by atoms with E-state index in [0.717, 1.165) is 0 Å². The van der Waals surface area contributed by atoms with Crippen LogP contribution in [0, 0.1) is 5.82 Å². The minimum absolute atomic E-state index is 0.0416. The molecule has 112 valence electrons. The molecule has 3 aromatic rings. The number of hydrogen-bond donors (Lipinski definition) is 0. The standard InChI is InChI=1S/C14H7F4N3O/c15-11-4-3-9(14(16,17)18)6-10(11)13-21-20-12(22-13)8-2-1-5-19-7-8/h1-7H. The molecule has 0 unspecified atom stereocenters. The molecule has 0 bridgehead atoms. The summed E-state index contributed by atoms with van der Waals surface area (Å²) in [5.41, 5.74) is -0.920. The first-order chi connectivity index (χ1) is 10.4. The third kappa shape index (κ3) is 2.67. The topological polar surface area (TPSA) is 51.8 Å². The van der Waals surface area contributed by atoms with Crippen molar-refractivity contribution in [3.8, 4) is 22.9 Å². The summed E-state index contributed by atoms with van der Waals surface area (Å²) in [5, 5.41) is 7.29. The van der Waals surface area contributed by atoms with Crippen molar-refractivity contribution < 1.29 is 22.0 Å². The molecule has 8 heteroatoms. The van der Waals surface area contributed by atoms with E-state index < -0.39 is 23.1 Å². The van der Waals surface area contributed by atoms with E-state index in [0.29, 0.717) is 23.8 Å². The van der Waals surface area contributed by atoms with Crippen LogP contribution in [0.3, 0.4) is 0 Å². The van der Waals surface area contributed by atoms with Gasteiger partial charge >= 0.3 is 6.18 Å². The van der Waals surface area contributed by atoms with Gasteiger partial charge in [-0.05, 0) is 30.3 Å². The van der Waals surface area contributed by atoms with Gasteiger partial charge in [0, 0.05) is 12.4 Å². The van der Waals surface area contributed by atoms with Gasteiger partial charge in [-0.2, -0.15) is 13.2 Å². The highest BCUT2D eigenvalue weighted by molar-refractivity contribution is 5.58. The Morgan fingerprint density at radius 3 is 2.45 bits per heavy atom. The summed E-state index contributed by atoms with van der Waals surface area (Å²) in [6, 6.07) is 5.26. The number of halogens is 4. The molecule has 0 aliphatic rings. The van der Waals surface area contributed by atoms with Gasteiger partial charge in [0.2, 0.25) is 5.89 Å². The molecule has 2 aromatic heterocycles. The van der Waals surface area contributed by atoms with Crippen LogP contribution >= 0.6 is 0 Å². The molecular formula is C14H7F4N3O. The van der Waals surface area contributed by atoms with Gasteiger partial charge in [-0.15, -0.1) is 10.2 Å². The van der Waals surface area contributed by atoms with Crippen molar-refractivity contribution in [1.29, 1.82) is 0 Å². The Hall–Kier alpha value is -2.77. The lowest BCUT2D eigenvalue weighted by Crippen LogP contribution is -2.05. The predicted octanol–water partition coefficient (Wildman–Crippen LogP) is 3.96. The van der Waals surface area contributed by atoms with Crippen molar-refractivity contribution in [2.45, 2.75) is 6.18 Å². The number of aromatic nitrogens is 3. The monoisotopic (exact) mass is 309 g/mol. The summed E-state index contributed by atoms with van der Waals surface area (Å²) in [4.78, 5) is 3.86. The molecule has 22 heavy (non-hydrogen) atoms. The number of benzene rings is 1. The molecule has 0 radical (unpaired) electrons. The van der Waals surface area contributed by atoms with Crippen molar-refractivity contribution in [2.24, 2.45) is 0 Å². The fourth-order valence-corrected chi connectivity index (χ4v) is 1.80. The Balaban J connectivity index is 2.04. The van der Waals surface area contributed by atoms with Gasteiger partial charge in [0.1, 0.15) is 5.82 Å². The van der Waals surface area contributed by atoms with Gasteiger partial charge in [0.15, 0.2) is 0 Å². The van der Waals surface area contributed by atoms with Crippen molar-refractivity contribution in [3.63, 3.8) is 0 Å². The maximum atomic E-state index is 13.7. The number of hydrogen-bond acceptors (Lipinski definition) is 4. The van der Waals surface area contributed by atoms with Gasteiger partial charge < -0.3 is 4.42 Å². The molecular weight excluding hydrogens is 302 g/mol. The highest BCUT2D eigenvalue weighted by Crippen LogP contribution is 2.33. The molecule has 0 aliphatic heterocycles. The molecule has 0 aliphatic carbocycles. The van der Waals surface area contributed by atoms with E-state index >= 15 is 0 Å². The summed E-state index contributed by atoms with van der Waals surface area (Å²) >= 11 is 0. The van der Waals surface area contributed by atoms with Crippen LogP contribution in [0.5, 0.6) is 0 Å². The molecule has 0 N–H and O–H groups in total. The molecule has 0 spiro atoms. The number of rotatable bonds is 2. The second kappa shape index (κ2) is 5.21. The zero-order valence-electron chi connectivity index (χ0n) is 10.8. The van der Waals surface area contributed by atoms with Crippen molar-refractivity contribution >= 4 is 0 Å². The van der Waals surface area contributed by atoms with Crippen LogP contribution in [0.4, 0.5) is 17.6 Å². The van der Waals surface area contributed by atoms with Crippen molar-refractivity contribution in [1.82, 2.24) is 15.2 Å². The van der Waals surface area contributed by atoms with Crippen LogP contribution in [0.2, 0.25) is 0 Å². The van der Waals surface area contributed by atoms with Crippen LogP contribution in [0.1, 0.15) is 5.56 Å². The van der Waals surface area contributed by atoms with E-state index in [1.165, 1.54) is 12.4 Å². The van der Waals surface area contributed by atoms with Gasteiger partial charge in [0.25, 0.3) is 5.89 Å². The van der Waals surface area contributed by atoms with E-state index in [1.807, 2.05) is 0 Å². The van der Waals surface area contributed by atoms with E-state index in [1.54, 1.807) is 12.1 Å². The third-order valence-corrected chi connectivity index (χ3v) is 2.86. The minimum Gasteiger partial charge on any atom is -0.416 e. The van der Waals surface area contributed by atoms with Crippen LogP contribution in [-0.4, -0.2) is 15.2 Å². The Kier molecular flexibility index (Phi) is 3.36. The first-order valence-electron chi connectivity index (χ1n) is 6.06. The normalized spacial score (nSPS) is 11.6. The number of alkyl halides is 3. The molecule has 0 amide bonds. The summed E-state index contributed by atoms with van der Waals surface area (Å²) in [6.07, 6.45) is -1.61. The lowest BCUT2D eigenvalue weighted by molar-refractivity contribution is -0.137. The fraction of sp³-hybridized carbons (Fsp3) is 0.0714. The van der Waals surface area contributed by atoms with Crippen LogP contribution in [0.15, 0.2) is 47.1 Å². The van der Waals surface area contributed by atoms with Crippen molar-refractivity contribution in [2.75, 3.05) is 0 Å². The third-order valence-electron chi connectivity index (χ3n) is 2.86. The molecule has 4 nitrogen and oxygen atoms in total. The van der Waals surface area contributed by atoms with E-state index in [4.69, 9.17) is 4.42 Å². The second-order valence-corrected chi connectivity index (χ2v) is 4.35. The maximum absolute atomic E-state index is 13.7. The van der Waals surface area contributed by atoms with Crippen LogP contribution in [-0.2, 0) is 6.18 Å². The van der Waals surface area contributed by atoms with E-state index in [9.17, 15) is 17.6 Å². The summed E-state index contributed by atoms with van der Waals surface area (Å²) < 4.78 is 57.0. The fourth-order valence-electron chi connectivity index (χ4n) is 1.80. The first-order valence-corrected chi connectivity index (χ1v) is 6.06. The molecule has 0 saturated heterocycles. The highest BCUT2D eigenvalue weighted by Gasteiger charge is 2.32. The summed E-state index contributed by atoms with van der Waals surface area (Å²) in [5.74, 6) is -1.17. The van der Waals surface area contributed by atoms with Gasteiger partial charge in [-0.1, -0.05) is 0 Å². The average molecular weight is 309 g/mol. The summed E-state index contributed by atoms with van der Waals surface area (Å²) in [6.45, 7) is 0. The maximum Gasteiger partial charge on any atom is 0.416 e. The Morgan fingerprint density at radius 2 is 1.77 bits per heavy atom.